The van der Waals surface area contributed by atoms with Crippen molar-refractivity contribution in [2.75, 3.05) is 0 Å². The molecule has 0 aliphatic rings. The number of carboxylic acid groups (broad SMARTS) is 1. The summed E-state index contributed by atoms with van der Waals surface area (Å²) in [6.45, 7) is 1.82. The molecule has 0 bridgehead atoms. The smallest absolute Gasteiger partial charge is 0.320 e. The molecule has 0 aliphatic heterocycles. The molecule has 3 N–H and O–H groups in total. The highest BCUT2D eigenvalue weighted by Crippen LogP contribution is 2.13. The fraction of sp³-hybridized carbons (Fsp3) is 0.417. The molecule has 17 heavy (non-hydrogen) atoms. The Kier molecular flexibility index (Phi) is 4.78. The number of aromatic nitrogens is 1. The zero-order valence-corrected chi connectivity index (χ0v) is 9.67. The monoisotopic (exact) mass is 236 g/mol. The molecule has 0 aliphatic carbocycles. The molecule has 0 saturated carbocycles. The standard InChI is InChI=1S/C12H16N2O3/c1-8(5-10(13)12(16)17)6-11(15)9-3-2-4-14-7-9/h2-4,7-8,10H,5-6,13H2,1H3,(H,16,17)/t8?,10-/m0/s1. The van der Waals surface area contributed by atoms with Gasteiger partial charge < -0.3 is 10.8 Å². The zero-order chi connectivity index (χ0) is 12.8. The predicted molar refractivity (Wildman–Crippen MR) is 62.6 cm³/mol. The third kappa shape index (κ3) is 4.32. The molecule has 92 valence electrons. The molecule has 5 nitrogen and oxygen atoms in total. The number of rotatable bonds is 6. The van der Waals surface area contributed by atoms with E-state index >= 15 is 0 Å². The molecule has 0 amide bonds. The normalized spacial score (nSPS) is 14.0. The van der Waals surface area contributed by atoms with Crippen molar-refractivity contribution < 1.29 is 14.7 Å². The van der Waals surface area contributed by atoms with Crippen LogP contribution in [0.15, 0.2) is 24.5 Å². The fourth-order valence-electron chi connectivity index (χ4n) is 1.58. The second kappa shape index (κ2) is 6.10. The number of Topliss-reactive ketones (excluding diaryl/α,β-unsaturated/α-hetero) is 1. The minimum Gasteiger partial charge on any atom is -0.480 e. The van der Waals surface area contributed by atoms with Crippen LogP contribution >= 0.6 is 0 Å². The maximum Gasteiger partial charge on any atom is 0.320 e. The highest BCUT2D eigenvalue weighted by Gasteiger charge is 2.18. The van der Waals surface area contributed by atoms with Crippen molar-refractivity contribution in [2.45, 2.75) is 25.8 Å². The van der Waals surface area contributed by atoms with Crippen LogP contribution < -0.4 is 5.73 Å². The Bertz CT molecular complexity index is 392. The van der Waals surface area contributed by atoms with Gasteiger partial charge in [-0.05, 0) is 24.5 Å². The first kappa shape index (κ1) is 13.3. The van der Waals surface area contributed by atoms with Crippen LogP contribution in [0.2, 0.25) is 0 Å². The summed E-state index contributed by atoms with van der Waals surface area (Å²) in [6, 6.07) is 2.48. The second-order valence-corrected chi connectivity index (χ2v) is 4.15. The van der Waals surface area contributed by atoms with Gasteiger partial charge >= 0.3 is 5.97 Å². The van der Waals surface area contributed by atoms with Gasteiger partial charge in [0.2, 0.25) is 0 Å². The van der Waals surface area contributed by atoms with Crippen molar-refractivity contribution >= 4 is 11.8 Å². The topological polar surface area (TPSA) is 93.3 Å². The van der Waals surface area contributed by atoms with Gasteiger partial charge in [-0.1, -0.05) is 6.92 Å². The van der Waals surface area contributed by atoms with E-state index in [0.717, 1.165) is 0 Å². The number of carboxylic acids is 1. The molecule has 1 rings (SSSR count). The van der Waals surface area contributed by atoms with Gasteiger partial charge in [0, 0.05) is 24.4 Å². The number of nitrogens with zero attached hydrogens (tertiary/aromatic N) is 1. The number of hydrogen-bond donors (Lipinski definition) is 2. The van der Waals surface area contributed by atoms with E-state index in [2.05, 4.69) is 4.98 Å². The second-order valence-electron chi connectivity index (χ2n) is 4.15. The van der Waals surface area contributed by atoms with Gasteiger partial charge in [0.15, 0.2) is 5.78 Å². The third-order valence-electron chi connectivity index (χ3n) is 2.49. The van der Waals surface area contributed by atoms with Crippen LogP contribution in [-0.2, 0) is 4.79 Å². The highest BCUT2D eigenvalue weighted by molar-refractivity contribution is 5.95. The molecule has 1 heterocycles. The largest absolute Gasteiger partial charge is 0.480 e. The minimum absolute atomic E-state index is 0.0387. The number of pyridine rings is 1. The number of hydrogen-bond acceptors (Lipinski definition) is 4. The highest BCUT2D eigenvalue weighted by atomic mass is 16.4. The lowest BCUT2D eigenvalue weighted by Gasteiger charge is -2.13. The van der Waals surface area contributed by atoms with Gasteiger partial charge in [-0.15, -0.1) is 0 Å². The van der Waals surface area contributed by atoms with Crippen molar-refractivity contribution in [3.05, 3.63) is 30.1 Å². The molecule has 0 spiro atoms. The Morgan fingerprint density at radius 2 is 2.24 bits per heavy atom. The van der Waals surface area contributed by atoms with Crippen LogP contribution in [0.3, 0.4) is 0 Å². The van der Waals surface area contributed by atoms with Gasteiger partial charge in [-0.2, -0.15) is 0 Å². The molecule has 1 aromatic rings. The van der Waals surface area contributed by atoms with Gasteiger partial charge in [-0.25, -0.2) is 0 Å². The lowest BCUT2D eigenvalue weighted by molar-refractivity contribution is -0.138. The summed E-state index contributed by atoms with van der Waals surface area (Å²) >= 11 is 0. The minimum atomic E-state index is -1.04. The summed E-state index contributed by atoms with van der Waals surface area (Å²) in [4.78, 5) is 26.2. The number of carbonyl (C=O) groups is 2. The number of nitrogens with two attached hydrogens (primary N) is 1. The van der Waals surface area contributed by atoms with Crippen molar-refractivity contribution in [1.29, 1.82) is 0 Å². The van der Waals surface area contributed by atoms with Crippen LogP contribution in [0.1, 0.15) is 30.1 Å². The van der Waals surface area contributed by atoms with Gasteiger partial charge in [0.05, 0.1) is 0 Å². The van der Waals surface area contributed by atoms with Crippen molar-refractivity contribution in [3.63, 3.8) is 0 Å². The molecule has 0 saturated heterocycles. The van der Waals surface area contributed by atoms with Crippen LogP contribution in [0.4, 0.5) is 0 Å². The summed E-state index contributed by atoms with van der Waals surface area (Å²) in [7, 11) is 0. The van der Waals surface area contributed by atoms with E-state index in [1.165, 1.54) is 6.20 Å². The number of ketones is 1. The van der Waals surface area contributed by atoms with Gasteiger partial charge in [0.25, 0.3) is 0 Å². The van der Waals surface area contributed by atoms with E-state index in [0.29, 0.717) is 12.0 Å². The van der Waals surface area contributed by atoms with Gasteiger partial charge in [0.1, 0.15) is 6.04 Å². The third-order valence-corrected chi connectivity index (χ3v) is 2.49. The number of aliphatic carboxylic acids is 1. The van der Waals surface area contributed by atoms with Crippen LogP contribution in [0, 0.1) is 5.92 Å². The maximum atomic E-state index is 11.8. The van der Waals surface area contributed by atoms with E-state index in [-0.39, 0.29) is 18.1 Å². The number of carbonyl (C=O) groups excluding carboxylic acids is 1. The Morgan fingerprint density at radius 3 is 2.76 bits per heavy atom. The summed E-state index contributed by atoms with van der Waals surface area (Å²) in [5.74, 6) is -1.14. The Hall–Kier alpha value is -1.75. The zero-order valence-electron chi connectivity index (χ0n) is 9.67. The van der Waals surface area contributed by atoms with Crippen LogP contribution in [-0.4, -0.2) is 27.9 Å². The van der Waals surface area contributed by atoms with Gasteiger partial charge in [-0.3, -0.25) is 14.6 Å². The van der Waals surface area contributed by atoms with E-state index in [4.69, 9.17) is 10.8 Å². The molecule has 2 atom stereocenters. The van der Waals surface area contributed by atoms with E-state index in [9.17, 15) is 9.59 Å². The maximum absolute atomic E-state index is 11.8. The molecule has 5 heteroatoms. The summed E-state index contributed by atoms with van der Waals surface area (Å²) in [6.07, 6.45) is 3.68. The molecular weight excluding hydrogens is 220 g/mol. The summed E-state index contributed by atoms with van der Waals surface area (Å²) < 4.78 is 0. The first-order valence-electron chi connectivity index (χ1n) is 5.42. The lowest BCUT2D eigenvalue weighted by atomic mass is 9.94. The average Bonchev–Trinajstić information content (AvgIpc) is 2.29. The fourth-order valence-corrected chi connectivity index (χ4v) is 1.58. The molecular formula is C12H16N2O3. The quantitative estimate of drug-likeness (QED) is 0.721. The predicted octanol–water partition coefficient (Wildman–Crippen LogP) is 1.09. The van der Waals surface area contributed by atoms with E-state index in [1.54, 1.807) is 18.3 Å². The van der Waals surface area contributed by atoms with Crippen LogP contribution in [0.5, 0.6) is 0 Å². The Labute approximate surface area is 99.7 Å². The summed E-state index contributed by atoms with van der Waals surface area (Å²) in [5.41, 5.74) is 5.95. The lowest BCUT2D eigenvalue weighted by Crippen LogP contribution is -2.32. The molecule has 1 aromatic heterocycles. The summed E-state index contributed by atoms with van der Waals surface area (Å²) in [5, 5.41) is 8.66. The van der Waals surface area contributed by atoms with Crippen molar-refractivity contribution in [2.24, 2.45) is 11.7 Å². The molecule has 0 aromatic carbocycles. The molecule has 0 fully saturated rings. The van der Waals surface area contributed by atoms with E-state index in [1.807, 2.05) is 6.92 Å². The average molecular weight is 236 g/mol. The molecule has 1 unspecified atom stereocenters. The Balaban J connectivity index is 2.49. The first-order chi connectivity index (χ1) is 8.00. The Morgan fingerprint density at radius 1 is 1.53 bits per heavy atom. The van der Waals surface area contributed by atoms with Crippen LogP contribution in [0.25, 0.3) is 0 Å². The van der Waals surface area contributed by atoms with E-state index < -0.39 is 12.0 Å². The molecule has 0 radical (unpaired) electrons. The van der Waals surface area contributed by atoms with Crippen molar-refractivity contribution in [3.8, 4) is 0 Å². The SMILES string of the molecule is CC(CC(=O)c1cccnc1)C[C@H](N)C(=O)O. The van der Waals surface area contributed by atoms with Crippen molar-refractivity contribution in [1.82, 2.24) is 4.98 Å². The first-order valence-corrected chi connectivity index (χ1v) is 5.42.